The number of hydrogen-bond donors (Lipinski definition) is 3. The van der Waals surface area contributed by atoms with Gasteiger partial charge < -0.3 is 14.8 Å². The van der Waals surface area contributed by atoms with Crippen LogP contribution in [-0.4, -0.2) is 24.9 Å². The van der Waals surface area contributed by atoms with E-state index >= 15 is 0 Å². The molecule has 0 bridgehead atoms. The van der Waals surface area contributed by atoms with Crippen LogP contribution in [0.4, 0.5) is 10.5 Å². The fourth-order valence-electron chi connectivity index (χ4n) is 1.12. The second kappa shape index (κ2) is 7.33. The Bertz CT molecular complexity index is 408. The number of benzene rings is 1. The molecular weight excluding hydrogens is 254 g/mol. The summed E-state index contributed by atoms with van der Waals surface area (Å²) in [6.45, 7) is 2.54. The van der Waals surface area contributed by atoms with E-state index in [1.807, 2.05) is 31.2 Å². The molecule has 18 heavy (non-hydrogen) atoms. The summed E-state index contributed by atoms with van der Waals surface area (Å²) >= 11 is 4.96. The van der Waals surface area contributed by atoms with Crippen molar-refractivity contribution >= 4 is 29.1 Å². The molecule has 0 saturated carbocycles. The van der Waals surface area contributed by atoms with Crippen LogP contribution in [0.2, 0.25) is 0 Å². The van der Waals surface area contributed by atoms with Crippen molar-refractivity contribution in [1.82, 2.24) is 10.9 Å². The standard InChI is InChI=1S/C11H15N3O3S/c1-3-17-9-6-4-8(5-7-9)12-10(18)13-14-11(15)16-2/h4-7H,3H2,1-2H3,(H,14,15)(H2,12,13,18). The van der Waals surface area contributed by atoms with Crippen molar-refractivity contribution in [3.05, 3.63) is 24.3 Å². The van der Waals surface area contributed by atoms with E-state index in [1.54, 1.807) is 0 Å². The van der Waals surface area contributed by atoms with E-state index in [2.05, 4.69) is 20.9 Å². The van der Waals surface area contributed by atoms with Gasteiger partial charge in [0.2, 0.25) is 0 Å². The van der Waals surface area contributed by atoms with Gasteiger partial charge in [0.1, 0.15) is 5.75 Å². The van der Waals surface area contributed by atoms with Crippen molar-refractivity contribution in [2.24, 2.45) is 0 Å². The highest BCUT2D eigenvalue weighted by molar-refractivity contribution is 7.80. The van der Waals surface area contributed by atoms with Gasteiger partial charge >= 0.3 is 6.09 Å². The number of rotatable bonds is 3. The average molecular weight is 269 g/mol. The summed E-state index contributed by atoms with van der Waals surface area (Å²) in [7, 11) is 1.26. The highest BCUT2D eigenvalue weighted by atomic mass is 32.1. The molecular formula is C11H15N3O3S. The molecule has 0 spiro atoms. The van der Waals surface area contributed by atoms with Crippen molar-refractivity contribution in [3.63, 3.8) is 0 Å². The summed E-state index contributed by atoms with van der Waals surface area (Å²) in [5, 5.41) is 3.14. The molecule has 0 unspecified atom stereocenters. The first-order valence-electron chi connectivity index (χ1n) is 5.29. The molecule has 1 aromatic rings. The summed E-state index contributed by atoms with van der Waals surface area (Å²) in [6, 6.07) is 7.28. The molecule has 0 atom stereocenters. The predicted molar refractivity (Wildman–Crippen MR) is 72.5 cm³/mol. The third-order valence-electron chi connectivity index (χ3n) is 1.89. The average Bonchev–Trinajstić information content (AvgIpc) is 2.38. The maximum absolute atomic E-state index is 10.8. The van der Waals surface area contributed by atoms with E-state index in [0.29, 0.717) is 6.61 Å². The normalized spacial score (nSPS) is 9.22. The van der Waals surface area contributed by atoms with Gasteiger partial charge in [0.05, 0.1) is 13.7 Å². The Morgan fingerprint density at radius 2 is 1.94 bits per heavy atom. The molecule has 0 aliphatic rings. The number of nitrogens with one attached hydrogen (secondary N) is 3. The lowest BCUT2D eigenvalue weighted by molar-refractivity contribution is 0.169. The van der Waals surface area contributed by atoms with Gasteiger partial charge in [-0.3, -0.25) is 5.43 Å². The van der Waals surface area contributed by atoms with Crippen molar-refractivity contribution in [3.8, 4) is 5.75 Å². The smallest absolute Gasteiger partial charge is 0.425 e. The van der Waals surface area contributed by atoms with Crippen molar-refractivity contribution in [1.29, 1.82) is 0 Å². The quantitative estimate of drug-likeness (QED) is 0.572. The van der Waals surface area contributed by atoms with Gasteiger partial charge in [-0.2, -0.15) is 0 Å². The first kappa shape index (κ1) is 14.0. The molecule has 1 rings (SSSR count). The summed E-state index contributed by atoms with van der Waals surface area (Å²) in [6.07, 6.45) is -0.620. The number of amides is 1. The number of carbonyl (C=O) groups excluding carboxylic acids is 1. The van der Waals surface area contributed by atoms with Crippen LogP contribution in [0.1, 0.15) is 6.92 Å². The number of carbonyl (C=O) groups is 1. The fourth-order valence-corrected chi connectivity index (χ4v) is 1.29. The van der Waals surface area contributed by atoms with Crippen LogP contribution in [-0.2, 0) is 4.74 Å². The Labute approximate surface area is 111 Å². The Morgan fingerprint density at radius 1 is 1.28 bits per heavy atom. The zero-order valence-electron chi connectivity index (χ0n) is 10.1. The summed E-state index contributed by atoms with van der Waals surface area (Å²) in [5.41, 5.74) is 5.51. The van der Waals surface area contributed by atoms with E-state index in [4.69, 9.17) is 17.0 Å². The van der Waals surface area contributed by atoms with Gasteiger partial charge in [-0.1, -0.05) is 0 Å². The van der Waals surface area contributed by atoms with Gasteiger partial charge in [-0.05, 0) is 43.4 Å². The minimum Gasteiger partial charge on any atom is -0.494 e. The van der Waals surface area contributed by atoms with Crippen LogP contribution < -0.4 is 20.9 Å². The molecule has 3 N–H and O–H groups in total. The van der Waals surface area contributed by atoms with Crippen LogP contribution in [0, 0.1) is 0 Å². The van der Waals surface area contributed by atoms with Crippen molar-refractivity contribution in [2.75, 3.05) is 19.0 Å². The fraction of sp³-hybridized carbons (Fsp3) is 0.273. The largest absolute Gasteiger partial charge is 0.494 e. The SMILES string of the molecule is CCOc1ccc(NC(=S)NNC(=O)OC)cc1. The lowest BCUT2D eigenvalue weighted by atomic mass is 10.3. The summed E-state index contributed by atoms with van der Waals surface area (Å²) in [4.78, 5) is 10.8. The lowest BCUT2D eigenvalue weighted by Crippen LogP contribution is -2.43. The molecule has 1 amide bonds. The molecule has 0 aromatic heterocycles. The molecule has 0 aliphatic carbocycles. The van der Waals surface area contributed by atoms with E-state index in [1.165, 1.54) is 7.11 Å². The van der Waals surface area contributed by atoms with Crippen LogP contribution in [0.3, 0.4) is 0 Å². The van der Waals surface area contributed by atoms with Gasteiger partial charge in [-0.15, -0.1) is 0 Å². The lowest BCUT2D eigenvalue weighted by Gasteiger charge is -2.11. The molecule has 98 valence electrons. The van der Waals surface area contributed by atoms with Gasteiger partial charge in [-0.25, -0.2) is 10.2 Å². The zero-order valence-corrected chi connectivity index (χ0v) is 11.0. The molecule has 0 heterocycles. The van der Waals surface area contributed by atoms with Crippen LogP contribution in [0.15, 0.2) is 24.3 Å². The maximum atomic E-state index is 10.8. The van der Waals surface area contributed by atoms with Gasteiger partial charge in [0.25, 0.3) is 0 Å². The minimum absolute atomic E-state index is 0.254. The molecule has 0 saturated heterocycles. The first-order valence-corrected chi connectivity index (χ1v) is 5.70. The highest BCUT2D eigenvalue weighted by Gasteiger charge is 2.00. The van der Waals surface area contributed by atoms with E-state index in [9.17, 15) is 4.79 Å². The van der Waals surface area contributed by atoms with Crippen LogP contribution in [0.5, 0.6) is 5.75 Å². The Morgan fingerprint density at radius 3 is 2.50 bits per heavy atom. The van der Waals surface area contributed by atoms with Gasteiger partial charge in [0.15, 0.2) is 5.11 Å². The number of hydrazine groups is 1. The third kappa shape index (κ3) is 4.88. The number of ether oxygens (including phenoxy) is 2. The van der Waals surface area contributed by atoms with Crippen molar-refractivity contribution in [2.45, 2.75) is 6.92 Å². The van der Waals surface area contributed by atoms with E-state index < -0.39 is 6.09 Å². The topological polar surface area (TPSA) is 71.6 Å². The number of anilines is 1. The summed E-state index contributed by atoms with van der Waals surface area (Å²) in [5.74, 6) is 0.787. The first-order chi connectivity index (χ1) is 8.65. The molecule has 1 aromatic carbocycles. The molecule has 0 fully saturated rings. The van der Waals surface area contributed by atoms with Crippen molar-refractivity contribution < 1.29 is 14.3 Å². The Balaban J connectivity index is 2.42. The van der Waals surface area contributed by atoms with Gasteiger partial charge in [0, 0.05) is 5.69 Å². The van der Waals surface area contributed by atoms with E-state index in [-0.39, 0.29) is 5.11 Å². The number of methoxy groups -OCH3 is 1. The Kier molecular flexibility index (Phi) is 5.72. The number of hydrogen-bond acceptors (Lipinski definition) is 4. The van der Waals surface area contributed by atoms with Crippen LogP contribution in [0.25, 0.3) is 0 Å². The van der Waals surface area contributed by atoms with Crippen LogP contribution >= 0.6 is 12.2 Å². The Hall–Kier alpha value is -2.02. The second-order valence-electron chi connectivity index (χ2n) is 3.15. The minimum atomic E-state index is -0.620. The zero-order chi connectivity index (χ0) is 13.4. The molecule has 7 heteroatoms. The predicted octanol–water partition coefficient (Wildman–Crippen LogP) is 1.64. The second-order valence-corrected chi connectivity index (χ2v) is 3.56. The maximum Gasteiger partial charge on any atom is 0.425 e. The highest BCUT2D eigenvalue weighted by Crippen LogP contribution is 2.15. The molecule has 6 nitrogen and oxygen atoms in total. The van der Waals surface area contributed by atoms with E-state index in [0.717, 1.165) is 11.4 Å². The third-order valence-corrected chi connectivity index (χ3v) is 2.09. The molecule has 0 aliphatic heterocycles. The number of thiocarbonyl (C=S) groups is 1. The monoisotopic (exact) mass is 269 g/mol. The summed E-state index contributed by atoms with van der Waals surface area (Å²) < 4.78 is 9.69. The molecule has 0 radical (unpaired) electrons.